The highest BCUT2D eigenvalue weighted by molar-refractivity contribution is 9.10. The number of halogens is 2. The molecule has 1 aromatic heterocycles. The van der Waals surface area contributed by atoms with Crippen molar-refractivity contribution in [3.8, 4) is 11.4 Å². The summed E-state index contributed by atoms with van der Waals surface area (Å²) < 4.78 is 19.2. The Labute approximate surface area is 128 Å². The van der Waals surface area contributed by atoms with Crippen LogP contribution in [-0.2, 0) is 6.42 Å². The second-order valence-electron chi connectivity index (χ2n) is 4.59. The Bertz CT molecular complexity index is 751. The molecule has 2 aromatic carbocycles. The molecule has 0 amide bonds. The fourth-order valence-corrected chi connectivity index (χ4v) is 2.40. The molecule has 1 heterocycles. The molecule has 0 aliphatic rings. The van der Waals surface area contributed by atoms with Gasteiger partial charge in [-0.1, -0.05) is 33.2 Å². The molecule has 3 aromatic rings. The first-order valence-corrected chi connectivity index (χ1v) is 7.03. The van der Waals surface area contributed by atoms with Crippen molar-refractivity contribution < 1.29 is 8.91 Å². The van der Waals surface area contributed by atoms with E-state index < -0.39 is 0 Å². The maximum atomic E-state index is 13.4. The van der Waals surface area contributed by atoms with Crippen LogP contribution >= 0.6 is 15.9 Å². The van der Waals surface area contributed by atoms with E-state index in [9.17, 15) is 4.39 Å². The molecule has 106 valence electrons. The number of rotatable bonds is 3. The van der Waals surface area contributed by atoms with Crippen LogP contribution in [0.3, 0.4) is 0 Å². The van der Waals surface area contributed by atoms with E-state index in [0.29, 0.717) is 33.9 Å². The summed E-state index contributed by atoms with van der Waals surface area (Å²) in [4.78, 5) is 4.28. The fourth-order valence-electron chi connectivity index (χ4n) is 1.94. The van der Waals surface area contributed by atoms with E-state index in [4.69, 9.17) is 10.3 Å². The molecule has 0 unspecified atom stereocenters. The van der Waals surface area contributed by atoms with Gasteiger partial charge in [0, 0.05) is 15.7 Å². The zero-order chi connectivity index (χ0) is 14.8. The summed E-state index contributed by atoms with van der Waals surface area (Å²) in [6.45, 7) is 0. The molecule has 3 rings (SSSR count). The third-order valence-corrected chi connectivity index (χ3v) is 3.38. The molecular weight excluding hydrogens is 337 g/mol. The highest BCUT2D eigenvalue weighted by Gasteiger charge is 2.11. The van der Waals surface area contributed by atoms with Crippen LogP contribution in [-0.4, -0.2) is 10.1 Å². The van der Waals surface area contributed by atoms with E-state index in [2.05, 4.69) is 26.1 Å². The Balaban J connectivity index is 1.84. The molecule has 0 radical (unpaired) electrons. The highest BCUT2D eigenvalue weighted by atomic mass is 79.9. The lowest BCUT2D eigenvalue weighted by Crippen LogP contribution is -1.90. The molecule has 0 aliphatic heterocycles. The van der Waals surface area contributed by atoms with E-state index in [1.807, 2.05) is 24.3 Å². The van der Waals surface area contributed by atoms with Crippen molar-refractivity contribution in [3.05, 3.63) is 64.2 Å². The van der Waals surface area contributed by atoms with Gasteiger partial charge >= 0.3 is 0 Å². The molecule has 0 atom stereocenters. The Kier molecular flexibility index (Phi) is 3.70. The van der Waals surface area contributed by atoms with Crippen molar-refractivity contribution in [2.45, 2.75) is 6.42 Å². The van der Waals surface area contributed by atoms with Crippen LogP contribution in [0, 0.1) is 5.82 Å². The van der Waals surface area contributed by atoms with Gasteiger partial charge in [-0.25, -0.2) is 4.39 Å². The number of nitrogen functional groups attached to an aromatic ring is 1. The van der Waals surface area contributed by atoms with Crippen molar-refractivity contribution in [2.75, 3.05) is 5.73 Å². The van der Waals surface area contributed by atoms with Gasteiger partial charge in [0.1, 0.15) is 5.82 Å². The minimum atomic E-state index is -0.357. The average Bonchev–Trinajstić information content (AvgIpc) is 2.89. The van der Waals surface area contributed by atoms with Crippen molar-refractivity contribution in [1.82, 2.24) is 10.1 Å². The highest BCUT2D eigenvalue weighted by Crippen LogP contribution is 2.23. The SMILES string of the molecule is Nc1ccc(Cc2nc(-c3cc(F)cc(Br)c3)no2)cc1. The van der Waals surface area contributed by atoms with E-state index >= 15 is 0 Å². The normalized spacial score (nSPS) is 10.8. The minimum absolute atomic E-state index is 0.357. The predicted octanol–water partition coefficient (Wildman–Crippen LogP) is 3.81. The molecule has 0 bridgehead atoms. The zero-order valence-electron chi connectivity index (χ0n) is 10.9. The number of hydrogen-bond donors (Lipinski definition) is 1. The summed E-state index contributed by atoms with van der Waals surface area (Å²) in [6, 6.07) is 11.9. The summed E-state index contributed by atoms with van der Waals surface area (Å²) in [5.41, 5.74) is 7.92. The van der Waals surface area contributed by atoms with Crippen molar-refractivity contribution >= 4 is 21.6 Å². The van der Waals surface area contributed by atoms with Crippen LogP contribution in [0.25, 0.3) is 11.4 Å². The molecule has 21 heavy (non-hydrogen) atoms. The van der Waals surface area contributed by atoms with Crippen molar-refractivity contribution in [3.63, 3.8) is 0 Å². The van der Waals surface area contributed by atoms with Crippen LogP contribution in [0.15, 0.2) is 51.5 Å². The number of hydrogen-bond acceptors (Lipinski definition) is 4. The minimum Gasteiger partial charge on any atom is -0.399 e. The first-order valence-electron chi connectivity index (χ1n) is 6.23. The number of aromatic nitrogens is 2. The fraction of sp³-hybridized carbons (Fsp3) is 0.0667. The lowest BCUT2D eigenvalue weighted by Gasteiger charge is -1.97. The first-order chi connectivity index (χ1) is 10.1. The number of nitrogens with zero attached hydrogens (tertiary/aromatic N) is 2. The second-order valence-corrected chi connectivity index (χ2v) is 5.50. The van der Waals surface area contributed by atoms with Gasteiger partial charge in [0.05, 0.1) is 6.42 Å². The molecular formula is C15H11BrFN3O. The summed E-state index contributed by atoms with van der Waals surface area (Å²) in [6.07, 6.45) is 0.504. The van der Waals surface area contributed by atoms with Gasteiger partial charge in [-0.2, -0.15) is 4.98 Å². The molecule has 0 fully saturated rings. The number of anilines is 1. The van der Waals surface area contributed by atoms with Crippen molar-refractivity contribution in [1.29, 1.82) is 0 Å². The van der Waals surface area contributed by atoms with Crippen LogP contribution in [0.5, 0.6) is 0 Å². The Morgan fingerprint density at radius 1 is 1.14 bits per heavy atom. The van der Waals surface area contributed by atoms with E-state index in [-0.39, 0.29) is 5.82 Å². The maximum absolute atomic E-state index is 13.4. The smallest absolute Gasteiger partial charge is 0.231 e. The first kappa shape index (κ1) is 13.8. The Morgan fingerprint density at radius 2 is 1.90 bits per heavy atom. The van der Waals surface area contributed by atoms with Gasteiger partial charge in [0.25, 0.3) is 0 Å². The molecule has 0 saturated heterocycles. The lowest BCUT2D eigenvalue weighted by molar-refractivity contribution is 0.385. The monoisotopic (exact) mass is 347 g/mol. The van der Waals surface area contributed by atoms with Gasteiger partial charge in [0.15, 0.2) is 0 Å². The molecule has 6 heteroatoms. The Morgan fingerprint density at radius 3 is 2.62 bits per heavy atom. The Hall–Kier alpha value is -2.21. The van der Waals surface area contributed by atoms with Gasteiger partial charge < -0.3 is 10.3 Å². The topological polar surface area (TPSA) is 64.9 Å². The van der Waals surface area contributed by atoms with Crippen LogP contribution < -0.4 is 5.73 Å². The van der Waals surface area contributed by atoms with E-state index in [1.54, 1.807) is 6.07 Å². The van der Waals surface area contributed by atoms with Gasteiger partial charge in [0.2, 0.25) is 11.7 Å². The maximum Gasteiger partial charge on any atom is 0.231 e. The van der Waals surface area contributed by atoms with Gasteiger partial charge in [-0.05, 0) is 35.9 Å². The standard InChI is InChI=1S/C15H11BrFN3O/c16-11-6-10(7-12(17)8-11)15-19-14(21-20-15)5-9-1-3-13(18)4-2-9/h1-4,6-8H,5,18H2. The summed E-state index contributed by atoms with van der Waals surface area (Å²) in [5, 5.41) is 3.88. The van der Waals surface area contributed by atoms with Crippen LogP contribution in [0.1, 0.15) is 11.5 Å². The lowest BCUT2D eigenvalue weighted by atomic mass is 10.1. The van der Waals surface area contributed by atoms with E-state index in [0.717, 1.165) is 5.56 Å². The van der Waals surface area contributed by atoms with Gasteiger partial charge in [-0.3, -0.25) is 0 Å². The summed E-state index contributed by atoms with van der Waals surface area (Å²) in [7, 11) is 0. The van der Waals surface area contributed by atoms with Crippen molar-refractivity contribution in [2.24, 2.45) is 0 Å². The molecule has 0 aliphatic carbocycles. The largest absolute Gasteiger partial charge is 0.399 e. The molecule has 4 nitrogen and oxygen atoms in total. The number of benzene rings is 2. The number of nitrogens with two attached hydrogens (primary N) is 1. The summed E-state index contributed by atoms with van der Waals surface area (Å²) in [5.74, 6) is 0.472. The quantitative estimate of drug-likeness (QED) is 0.731. The molecule has 2 N–H and O–H groups in total. The third-order valence-electron chi connectivity index (χ3n) is 2.92. The van der Waals surface area contributed by atoms with Crippen LogP contribution in [0.2, 0.25) is 0 Å². The van der Waals surface area contributed by atoms with E-state index in [1.165, 1.54) is 12.1 Å². The van der Waals surface area contributed by atoms with Gasteiger partial charge in [-0.15, -0.1) is 0 Å². The summed E-state index contributed by atoms with van der Waals surface area (Å²) >= 11 is 3.24. The second kappa shape index (κ2) is 5.65. The predicted molar refractivity (Wildman–Crippen MR) is 81.1 cm³/mol. The molecule has 0 spiro atoms. The zero-order valence-corrected chi connectivity index (χ0v) is 12.5. The molecule has 0 saturated carbocycles. The van der Waals surface area contributed by atoms with Crippen LogP contribution in [0.4, 0.5) is 10.1 Å². The third kappa shape index (κ3) is 3.28. The average molecular weight is 348 g/mol.